The van der Waals surface area contributed by atoms with E-state index in [9.17, 15) is 4.79 Å². The molecule has 0 aliphatic rings. The summed E-state index contributed by atoms with van der Waals surface area (Å²) in [5, 5.41) is 12.4. The van der Waals surface area contributed by atoms with Crippen LogP contribution in [0.4, 0.5) is 0 Å². The number of para-hydroxylation sites is 1. The molecule has 6 nitrogen and oxygen atoms in total. The summed E-state index contributed by atoms with van der Waals surface area (Å²) in [6.07, 6.45) is 0.817. The summed E-state index contributed by atoms with van der Waals surface area (Å²) in [7, 11) is 1.64. The summed E-state index contributed by atoms with van der Waals surface area (Å²) in [6, 6.07) is 16.3. The maximum Gasteiger partial charge on any atom is 0.230 e. The Labute approximate surface area is 188 Å². The lowest BCUT2D eigenvalue weighted by Crippen LogP contribution is -2.27. The van der Waals surface area contributed by atoms with Crippen molar-refractivity contribution < 1.29 is 9.53 Å². The van der Waals surface area contributed by atoms with Crippen LogP contribution in [0.15, 0.2) is 53.7 Å². The van der Waals surface area contributed by atoms with Gasteiger partial charge in [-0.15, -0.1) is 10.2 Å². The predicted octanol–water partition coefficient (Wildman–Crippen LogP) is 4.55. The average molecular weight is 439 g/mol. The van der Waals surface area contributed by atoms with E-state index in [1.807, 2.05) is 35.8 Å². The summed E-state index contributed by atoms with van der Waals surface area (Å²) < 4.78 is 7.46. The van der Waals surface area contributed by atoms with Crippen molar-refractivity contribution in [2.24, 2.45) is 0 Å². The fraction of sp³-hybridized carbons (Fsp3) is 0.375. The van der Waals surface area contributed by atoms with Crippen LogP contribution in [-0.4, -0.2) is 40.1 Å². The highest BCUT2D eigenvalue weighted by molar-refractivity contribution is 7.99. The van der Waals surface area contributed by atoms with Crippen LogP contribution in [0, 0.1) is 0 Å². The zero-order chi connectivity index (χ0) is 22.2. The van der Waals surface area contributed by atoms with Gasteiger partial charge in [-0.05, 0) is 42.5 Å². The lowest BCUT2D eigenvalue weighted by atomic mass is 10.0. The number of nitrogens with zero attached hydrogens (tertiary/aromatic N) is 3. The van der Waals surface area contributed by atoms with Crippen LogP contribution < -0.4 is 10.1 Å². The summed E-state index contributed by atoms with van der Waals surface area (Å²) in [4.78, 5) is 12.3. The molecule has 0 atom stereocenters. The lowest BCUT2D eigenvalue weighted by Gasteiger charge is -2.10. The molecule has 3 rings (SSSR count). The Morgan fingerprint density at radius 2 is 1.87 bits per heavy atom. The van der Waals surface area contributed by atoms with E-state index in [0.29, 0.717) is 24.8 Å². The predicted molar refractivity (Wildman–Crippen MR) is 126 cm³/mol. The summed E-state index contributed by atoms with van der Waals surface area (Å²) in [5.41, 5.74) is 3.44. The van der Waals surface area contributed by atoms with Gasteiger partial charge in [0, 0.05) is 13.1 Å². The van der Waals surface area contributed by atoms with Crippen LogP contribution in [0.3, 0.4) is 0 Å². The van der Waals surface area contributed by atoms with Crippen molar-refractivity contribution in [3.63, 3.8) is 0 Å². The van der Waals surface area contributed by atoms with Crippen molar-refractivity contribution in [2.75, 3.05) is 19.4 Å². The molecule has 0 fully saturated rings. The van der Waals surface area contributed by atoms with Crippen molar-refractivity contribution in [1.82, 2.24) is 20.1 Å². The van der Waals surface area contributed by atoms with Gasteiger partial charge >= 0.3 is 0 Å². The fourth-order valence-corrected chi connectivity index (χ4v) is 4.14. The first-order valence-corrected chi connectivity index (χ1v) is 11.6. The minimum Gasteiger partial charge on any atom is -0.496 e. The molecule has 2 aromatic carbocycles. The molecule has 3 aromatic rings. The number of carbonyl (C=O) groups is 1. The molecule has 0 unspecified atom stereocenters. The number of ether oxygens (including phenoxy) is 1. The van der Waals surface area contributed by atoms with Crippen LogP contribution in [0.2, 0.25) is 0 Å². The highest BCUT2D eigenvalue weighted by atomic mass is 32.2. The first kappa shape index (κ1) is 22.9. The number of hydrogen-bond acceptors (Lipinski definition) is 5. The third-order valence-electron chi connectivity index (χ3n) is 5.10. The molecule has 0 saturated heterocycles. The largest absolute Gasteiger partial charge is 0.496 e. The van der Waals surface area contributed by atoms with Gasteiger partial charge in [0.1, 0.15) is 5.75 Å². The molecule has 164 valence electrons. The zero-order valence-corrected chi connectivity index (χ0v) is 19.4. The monoisotopic (exact) mass is 438 g/mol. The highest BCUT2D eigenvalue weighted by Gasteiger charge is 2.17. The number of thioether (sulfide) groups is 1. The number of nitrogens with one attached hydrogen (secondary N) is 1. The molecule has 1 N–H and O–H groups in total. The van der Waals surface area contributed by atoms with Gasteiger partial charge in [-0.2, -0.15) is 0 Å². The van der Waals surface area contributed by atoms with Gasteiger partial charge in [-0.3, -0.25) is 4.79 Å². The molecule has 0 radical (unpaired) electrons. The van der Waals surface area contributed by atoms with Crippen LogP contribution in [0.5, 0.6) is 5.75 Å². The van der Waals surface area contributed by atoms with E-state index in [-0.39, 0.29) is 5.91 Å². The van der Waals surface area contributed by atoms with Gasteiger partial charge in [-0.1, -0.05) is 62.0 Å². The van der Waals surface area contributed by atoms with Crippen LogP contribution in [-0.2, 0) is 17.8 Å². The van der Waals surface area contributed by atoms with E-state index in [1.165, 1.54) is 22.9 Å². The van der Waals surface area contributed by atoms with Crippen LogP contribution >= 0.6 is 11.8 Å². The highest BCUT2D eigenvalue weighted by Crippen LogP contribution is 2.30. The maximum atomic E-state index is 12.3. The first-order chi connectivity index (χ1) is 15.0. The Kier molecular flexibility index (Phi) is 8.12. The van der Waals surface area contributed by atoms with E-state index >= 15 is 0 Å². The third-order valence-corrected chi connectivity index (χ3v) is 6.06. The van der Waals surface area contributed by atoms with Crippen molar-refractivity contribution in [1.29, 1.82) is 0 Å². The summed E-state index contributed by atoms with van der Waals surface area (Å²) >= 11 is 1.40. The topological polar surface area (TPSA) is 69.0 Å². The second-order valence-corrected chi connectivity index (χ2v) is 8.48. The van der Waals surface area contributed by atoms with Gasteiger partial charge in [0.2, 0.25) is 5.91 Å². The minimum absolute atomic E-state index is 0.00621. The maximum absolute atomic E-state index is 12.3. The molecule has 0 aliphatic carbocycles. The van der Waals surface area contributed by atoms with Gasteiger partial charge < -0.3 is 14.6 Å². The fourth-order valence-electron chi connectivity index (χ4n) is 3.31. The number of benzene rings is 2. The Hall–Kier alpha value is -2.80. The SMILES string of the molecule is CCn1c(SCC(=O)NCCc2ccc(C(C)C)cc2)nnc1-c1ccccc1OC. The van der Waals surface area contributed by atoms with Crippen molar-refractivity contribution >= 4 is 17.7 Å². The molecule has 1 heterocycles. The van der Waals surface area contributed by atoms with Crippen molar-refractivity contribution in [2.45, 2.75) is 44.8 Å². The van der Waals surface area contributed by atoms with E-state index in [0.717, 1.165) is 28.7 Å². The zero-order valence-electron chi connectivity index (χ0n) is 18.6. The molecule has 0 spiro atoms. The van der Waals surface area contributed by atoms with Crippen molar-refractivity contribution in [3.05, 3.63) is 59.7 Å². The van der Waals surface area contributed by atoms with E-state index < -0.39 is 0 Å². The summed E-state index contributed by atoms with van der Waals surface area (Å²) in [6.45, 7) is 7.73. The van der Waals surface area contributed by atoms with Crippen molar-refractivity contribution in [3.8, 4) is 17.1 Å². The quantitative estimate of drug-likeness (QED) is 0.471. The lowest BCUT2D eigenvalue weighted by molar-refractivity contribution is -0.118. The molecular formula is C24H30N4O2S. The first-order valence-electron chi connectivity index (χ1n) is 10.6. The van der Waals surface area contributed by atoms with E-state index in [1.54, 1.807) is 7.11 Å². The second-order valence-electron chi connectivity index (χ2n) is 7.54. The Morgan fingerprint density at radius 3 is 2.55 bits per heavy atom. The molecule has 1 aromatic heterocycles. The number of rotatable bonds is 10. The number of carbonyl (C=O) groups excluding carboxylic acids is 1. The van der Waals surface area contributed by atoms with Gasteiger partial charge in [-0.25, -0.2) is 0 Å². The van der Waals surface area contributed by atoms with Gasteiger partial charge in [0.05, 0.1) is 18.4 Å². The normalized spacial score (nSPS) is 11.0. The van der Waals surface area contributed by atoms with Gasteiger partial charge in [0.15, 0.2) is 11.0 Å². The molecule has 1 amide bonds. The molecule has 7 heteroatoms. The Balaban J connectivity index is 1.54. The van der Waals surface area contributed by atoms with E-state index in [2.05, 4.69) is 53.6 Å². The third kappa shape index (κ3) is 5.88. The molecular weight excluding hydrogens is 408 g/mol. The summed E-state index contributed by atoms with van der Waals surface area (Å²) in [5.74, 6) is 2.32. The smallest absolute Gasteiger partial charge is 0.230 e. The molecule has 0 aliphatic heterocycles. The number of aromatic nitrogens is 3. The standard InChI is InChI=1S/C24H30N4O2S/c1-5-28-23(20-8-6-7-9-21(20)30-4)26-27-24(28)31-16-22(29)25-15-14-18-10-12-19(13-11-18)17(2)3/h6-13,17H,5,14-16H2,1-4H3,(H,25,29). The Morgan fingerprint density at radius 1 is 1.13 bits per heavy atom. The molecule has 0 saturated carbocycles. The molecule has 0 bridgehead atoms. The van der Waals surface area contributed by atoms with Crippen LogP contribution in [0.1, 0.15) is 37.8 Å². The van der Waals surface area contributed by atoms with E-state index in [4.69, 9.17) is 4.74 Å². The number of methoxy groups -OCH3 is 1. The number of hydrogen-bond donors (Lipinski definition) is 1. The number of amides is 1. The molecule has 31 heavy (non-hydrogen) atoms. The second kappa shape index (κ2) is 11.0. The average Bonchev–Trinajstić information content (AvgIpc) is 3.20. The van der Waals surface area contributed by atoms with Crippen LogP contribution in [0.25, 0.3) is 11.4 Å². The Bertz CT molecular complexity index is 999. The minimum atomic E-state index is -0.00621. The van der Waals surface area contributed by atoms with Gasteiger partial charge in [0.25, 0.3) is 0 Å².